The van der Waals surface area contributed by atoms with Gasteiger partial charge in [-0.25, -0.2) is 0 Å². The summed E-state index contributed by atoms with van der Waals surface area (Å²) in [5.41, 5.74) is 0. The standard InChI is InChI=1S/C7H8O2.C5H8O3/c1-9-7-5-3-2-4-6(7)8;1-2-8-5(7)3-4-6/h2-5,8H,1H3;4H,2-3H2,1H3. The van der Waals surface area contributed by atoms with Crippen molar-refractivity contribution in [1.82, 2.24) is 0 Å². The topological polar surface area (TPSA) is 72.8 Å². The average Bonchev–Trinajstić information content (AvgIpc) is 2.31. The Bertz CT molecular complexity index is 349. The number of phenolic OH excluding ortho intramolecular Hbond substituents is 1. The Morgan fingerprint density at radius 3 is 2.47 bits per heavy atom. The lowest BCUT2D eigenvalue weighted by Gasteiger charge is -1.99. The number of benzene rings is 1. The number of aldehydes is 1. The molecular formula is C12H16O5. The first-order valence-corrected chi connectivity index (χ1v) is 5.06. The van der Waals surface area contributed by atoms with Gasteiger partial charge in [-0.05, 0) is 19.1 Å². The Morgan fingerprint density at radius 1 is 1.41 bits per heavy atom. The van der Waals surface area contributed by atoms with Crippen molar-refractivity contribution in [3.05, 3.63) is 24.3 Å². The first-order valence-electron chi connectivity index (χ1n) is 5.06. The van der Waals surface area contributed by atoms with Crippen LogP contribution < -0.4 is 4.74 Å². The fraction of sp³-hybridized carbons (Fsp3) is 0.333. The fourth-order valence-electron chi connectivity index (χ4n) is 0.918. The highest BCUT2D eigenvalue weighted by Crippen LogP contribution is 2.22. The molecule has 0 aliphatic heterocycles. The molecule has 0 saturated heterocycles. The monoisotopic (exact) mass is 240 g/mol. The molecule has 17 heavy (non-hydrogen) atoms. The van der Waals surface area contributed by atoms with Crippen LogP contribution in [0, 0.1) is 0 Å². The minimum absolute atomic E-state index is 0.131. The van der Waals surface area contributed by atoms with Gasteiger partial charge in [-0.15, -0.1) is 0 Å². The minimum atomic E-state index is -0.456. The molecule has 0 radical (unpaired) electrons. The molecule has 0 aliphatic rings. The van der Waals surface area contributed by atoms with Crippen LogP contribution in [0.15, 0.2) is 24.3 Å². The number of carbonyl (C=O) groups excluding carboxylic acids is 2. The summed E-state index contributed by atoms with van der Waals surface area (Å²) in [7, 11) is 1.52. The van der Waals surface area contributed by atoms with Gasteiger partial charge in [0.05, 0.1) is 13.7 Å². The Hall–Kier alpha value is -2.04. The predicted octanol–water partition coefficient (Wildman–Crippen LogP) is 1.54. The lowest BCUT2D eigenvalue weighted by Crippen LogP contribution is -2.03. The van der Waals surface area contributed by atoms with Crippen LogP contribution in [-0.4, -0.2) is 31.1 Å². The van der Waals surface area contributed by atoms with Gasteiger partial charge in [0.25, 0.3) is 0 Å². The van der Waals surface area contributed by atoms with Crippen LogP contribution in [0.1, 0.15) is 13.3 Å². The Morgan fingerprint density at radius 2 is 2.06 bits per heavy atom. The molecule has 1 aromatic carbocycles. The first-order chi connectivity index (χ1) is 8.15. The van der Waals surface area contributed by atoms with Gasteiger partial charge in [-0.3, -0.25) is 4.79 Å². The zero-order chi connectivity index (χ0) is 13.1. The van der Waals surface area contributed by atoms with Crippen LogP contribution >= 0.6 is 0 Å². The summed E-state index contributed by atoms with van der Waals surface area (Å²) in [5, 5.41) is 8.99. The Balaban J connectivity index is 0.000000304. The molecule has 0 amide bonds. The molecule has 0 atom stereocenters. The fourth-order valence-corrected chi connectivity index (χ4v) is 0.918. The highest BCUT2D eigenvalue weighted by Gasteiger charge is 1.96. The van der Waals surface area contributed by atoms with Crippen molar-refractivity contribution < 1.29 is 24.2 Å². The highest BCUT2D eigenvalue weighted by molar-refractivity contribution is 5.83. The third-order valence-electron chi connectivity index (χ3n) is 1.64. The second kappa shape index (κ2) is 9.21. The second-order valence-corrected chi connectivity index (χ2v) is 2.85. The molecule has 94 valence electrons. The summed E-state index contributed by atoms with van der Waals surface area (Å²) in [6.07, 6.45) is 0.395. The van der Waals surface area contributed by atoms with Crippen molar-refractivity contribution >= 4 is 12.3 Å². The molecule has 0 aromatic heterocycles. The smallest absolute Gasteiger partial charge is 0.312 e. The lowest BCUT2D eigenvalue weighted by atomic mass is 10.3. The van der Waals surface area contributed by atoms with Crippen LogP contribution in [0.5, 0.6) is 11.5 Å². The van der Waals surface area contributed by atoms with Gasteiger partial charge in [0.1, 0.15) is 12.7 Å². The SMILES string of the molecule is CCOC(=O)CC=O.COc1ccccc1O. The maximum atomic E-state index is 10.2. The number of rotatable bonds is 4. The molecule has 0 unspecified atom stereocenters. The van der Waals surface area contributed by atoms with E-state index in [1.807, 2.05) is 0 Å². The van der Waals surface area contributed by atoms with E-state index < -0.39 is 5.97 Å². The highest BCUT2D eigenvalue weighted by atomic mass is 16.5. The van der Waals surface area contributed by atoms with Gasteiger partial charge < -0.3 is 19.4 Å². The van der Waals surface area contributed by atoms with Crippen LogP contribution in [0.3, 0.4) is 0 Å². The van der Waals surface area contributed by atoms with Gasteiger partial charge >= 0.3 is 5.97 Å². The van der Waals surface area contributed by atoms with E-state index in [0.29, 0.717) is 18.6 Å². The van der Waals surface area contributed by atoms with Crippen molar-refractivity contribution in [3.63, 3.8) is 0 Å². The number of hydrogen-bond donors (Lipinski definition) is 1. The molecule has 5 nitrogen and oxygen atoms in total. The number of phenols is 1. The molecule has 0 bridgehead atoms. The van der Waals surface area contributed by atoms with E-state index in [1.165, 1.54) is 7.11 Å². The van der Waals surface area contributed by atoms with E-state index in [2.05, 4.69) is 4.74 Å². The summed E-state index contributed by atoms with van der Waals surface area (Å²) < 4.78 is 9.21. The average molecular weight is 240 g/mol. The van der Waals surface area contributed by atoms with E-state index in [4.69, 9.17) is 9.84 Å². The van der Waals surface area contributed by atoms with E-state index in [9.17, 15) is 9.59 Å². The maximum absolute atomic E-state index is 10.2. The van der Waals surface area contributed by atoms with E-state index >= 15 is 0 Å². The quantitative estimate of drug-likeness (QED) is 0.491. The van der Waals surface area contributed by atoms with E-state index in [-0.39, 0.29) is 12.2 Å². The zero-order valence-electron chi connectivity index (χ0n) is 9.88. The van der Waals surface area contributed by atoms with E-state index in [1.54, 1.807) is 31.2 Å². The van der Waals surface area contributed by atoms with Crippen molar-refractivity contribution in [1.29, 1.82) is 0 Å². The third kappa shape index (κ3) is 6.94. The number of ether oxygens (including phenoxy) is 2. The first kappa shape index (κ1) is 15.0. The van der Waals surface area contributed by atoms with Crippen LogP contribution in [-0.2, 0) is 14.3 Å². The largest absolute Gasteiger partial charge is 0.504 e. The molecule has 0 spiro atoms. The summed E-state index contributed by atoms with van der Waals surface area (Å²) >= 11 is 0. The normalized spacial score (nSPS) is 8.59. The van der Waals surface area contributed by atoms with Crippen molar-refractivity contribution in [3.8, 4) is 11.5 Å². The lowest BCUT2D eigenvalue weighted by molar-refractivity contribution is -0.143. The van der Waals surface area contributed by atoms with Crippen LogP contribution in [0.2, 0.25) is 0 Å². The summed E-state index contributed by atoms with van der Waals surface area (Å²) in [5.74, 6) is 0.236. The van der Waals surface area contributed by atoms with Gasteiger partial charge in [0, 0.05) is 0 Å². The summed E-state index contributed by atoms with van der Waals surface area (Å²) in [6.45, 7) is 2.04. The molecule has 0 heterocycles. The molecule has 5 heteroatoms. The Labute approximate surface area is 100.0 Å². The minimum Gasteiger partial charge on any atom is -0.504 e. The van der Waals surface area contributed by atoms with Gasteiger partial charge in [-0.2, -0.15) is 0 Å². The van der Waals surface area contributed by atoms with Crippen molar-refractivity contribution in [2.45, 2.75) is 13.3 Å². The number of hydrogen-bond acceptors (Lipinski definition) is 5. The molecule has 1 N–H and O–H groups in total. The predicted molar refractivity (Wildman–Crippen MR) is 62.0 cm³/mol. The second-order valence-electron chi connectivity index (χ2n) is 2.85. The van der Waals surface area contributed by atoms with E-state index in [0.717, 1.165) is 0 Å². The molecular weight excluding hydrogens is 224 g/mol. The molecule has 1 aromatic rings. The number of para-hydroxylation sites is 2. The van der Waals surface area contributed by atoms with Gasteiger partial charge in [0.15, 0.2) is 11.5 Å². The van der Waals surface area contributed by atoms with Crippen molar-refractivity contribution in [2.24, 2.45) is 0 Å². The zero-order valence-corrected chi connectivity index (χ0v) is 9.88. The summed E-state index contributed by atoms with van der Waals surface area (Å²) in [4.78, 5) is 19.8. The van der Waals surface area contributed by atoms with Gasteiger partial charge in [0.2, 0.25) is 0 Å². The summed E-state index contributed by atoms with van der Waals surface area (Å²) in [6, 6.07) is 6.84. The van der Waals surface area contributed by atoms with Gasteiger partial charge in [-0.1, -0.05) is 12.1 Å². The number of esters is 1. The Kier molecular flexibility index (Phi) is 8.10. The third-order valence-corrected chi connectivity index (χ3v) is 1.64. The number of methoxy groups -OCH3 is 1. The molecule has 1 rings (SSSR count). The van der Waals surface area contributed by atoms with Crippen LogP contribution in [0.25, 0.3) is 0 Å². The molecule has 0 fully saturated rings. The van der Waals surface area contributed by atoms with Crippen LogP contribution in [0.4, 0.5) is 0 Å². The molecule has 0 saturated carbocycles. The molecule has 0 aliphatic carbocycles. The maximum Gasteiger partial charge on any atom is 0.312 e. The van der Waals surface area contributed by atoms with Crippen molar-refractivity contribution in [2.75, 3.05) is 13.7 Å². The number of carbonyl (C=O) groups is 2. The number of aromatic hydroxyl groups is 1.